The van der Waals surface area contributed by atoms with Gasteiger partial charge in [-0.25, -0.2) is 0 Å². The number of carbonyl (C=O) groups excluding carboxylic acids is 1. The van der Waals surface area contributed by atoms with E-state index in [-0.39, 0.29) is 11.9 Å². The molecule has 2 aromatic carbocycles. The fourth-order valence-corrected chi connectivity index (χ4v) is 3.37. The maximum atomic E-state index is 12.5. The molecule has 27 heavy (non-hydrogen) atoms. The van der Waals surface area contributed by atoms with Crippen molar-refractivity contribution in [1.29, 1.82) is 0 Å². The molecule has 1 N–H and O–H groups in total. The van der Waals surface area contributed by atoms with E-state index in [2.05, 4.69) is 58.4 Å². The lowest BCUT2D eigenvalue weighted by molar-refractivity contribution is -0.126. The van der Waals surface area contributed by atoms with E-state index in [1.54, 1.807) is 7.11 Å². The van der Waals surface area contributed by atoms with E-state index in [9.17, 15) is 4.79 Å². The molecule has 0 unspecified atom stereocenters. The number of ether oxygens (including phenoxy) is 1. The van der Waals surface area contributed by atoms with Crippen LogP contribution < -0.4 is 15.0 Å². The number of hydrogen-bond acceptors (Lipinski definition) is 4. The number of rotatable bonds is 6. The van der Waals surface area contributed by atoms with Gasteiger partial charge >= 0.3 is 0 Å². The molecule has 1 atom stereocenters. The number of methoxy groups -OCH3 is 1. The summed E-state index contributed by atoms with van der Waals surface area (Å²) in [6.45, 7) is 8.24. The van der Waals surface area contributed by atoms with Crippen LogP contribution in [0.4, 0.5) is 5.69 Å². The zero-order valence-electron chi connectivity index (χ0n) is 16.4. The van der Waals surface area contributed by atoms with Crippen molar-refractivity contribution in [2.45, 2.75) is 26.4 Å². The van der Waals surface area contributed by atoms with Crippen molar-refractivity contribution in [3.05, 3.63) is 59.7 Å². The Balaban J connectivity index is 1.47. The number of carbonyl (C=O) groups is 1. The number of piperazine rings is 1. The van der Waals surface area contributed by atoms with Crippen LogP contribution in [-0.2, 0) is 11.3 Å². The first-order valence-electron chi connectivity index (χ1n) is 9.53. The van der Waals surface area contributed by atoms with E-state index in [1.807, 2.05) is 19.1 Å². The number of amides is 1. The van der Waals surface area contributed by atoms with Gasteiger partial charge in [0, 0.05) is 38.4 Å². The van der Waals surface area contributed by atoms with E-state index >= 15 is 0 Å². The second-order valence-corrected chi connectivity index (χ2v) is 7.10. The number of nitrogens with one attached hydrogen (secondary N) is 1. The normalized spacial score (nSPS) is 16.0. The third kappa shape index (κ3) is 5.01. The van der Waals surface area contributed by atoms with E-state index in [1.165, 1.54) is 11.3 Å². The molecule has 3 rings (SSSR count). The first-order valence-corrected chi connectivity index (χ1v) is 9.53. The second-order valence-electron chi connectivity index (χ2n) is 7.10. The minimum Gasteiger partial charge on any atom is -0.497 e. The van der Waals surface area contributed by atoms with E-state index in [0.717, 1.165) is 37.5 Å². The van der Waals surface area contributed by atoms with Crippen LogP contribution in [0.2, 0.25) is 0 Å². The standard InChI is InChI=1S/C22H29N3O2/c1-17-4-6-19(7-5-17)16-23-22(26)18(2)24-12-14-25(15-13-24)20-8-10-21(27-3)11-9-20/h4-11,18H,12-16H2,1-3H3,(H,23,26)/t18-/m1/s1. The molecule has 144 valence electrons. The van der Waals surface area contributed by atoms with Gasteiger partial charge in [-0.05, 0) is 43.7 Å². The predicted octanol–water partition coefficient (Wildman–Crippen LogP) is 2.83. The minimum atomic E-state index is -0.117. The second kappa shape index (κ2) is 8.91. The summed E-state index contributed by atoms with van der Waals surface area (Å²) in [5, 5.41) is 3.06. The molecule has 1 saturated heterocycles. The quantitative estimate of drug-likeness (QED) is 0.853. The molecule has 1 heterocycles. The highest BCUT2D eigenvalue weighted by Crippen LogP contribution is 2.21. The summed E-state index contributed by atoms with van der Waals surface area (Å²) in [6, 6.07) is 16.3. The number of aryl methyl sites for hydroxylation is 1. The van der Waals surface area contributed by atoms with Gasteiger partial charge in [0.2, 0.25) is 5.91 Å². The molecule has 1 fully saturated rings. The highest BCUT2D eigenvalue weighted by molar-refractivity contribution is 5.81. The van der Waals surface area contributed by atoms with Crippen molar-refractivity contribution in [1.82, 2.24) is 10.2 Å². The zero-order valence-corrected chi connectivity index (χ0v) is 16.4. The zero-order chi connectivity index (χ0) is 19.2. The van der Waals surface area contributed by atoms with Crippen LogP contribution in [-0.4, -0.2) is 50.1 Å². The summed E-state index contributed by atoms with van der Waals surface area (Å²) in [5.74, 6) is 0.963. The van der Waals surface area contributed by atoms with Gasteiger partial charge in [-0.1, -0.05) is 29.8 Å². The molecular weight excluding hydrogens is 338 g/mol. The van der Waals surface area contributed by atoms with Crippen molar-refractivity contribution in [2.75, 3.05) is 38.2 Å². The first-order chi connectivity index (χ1) is 13.1. The summed E-state index contributed by atoms with van der Waals surface area (Å²) >= 11 is 0. The monoisotopic (exact) mass is 367 g/mol. The molecule has 0 aliphatic carbocycles. The number of hydrogen-bond donors (Lipinski definition) is 1. The number of anilines is 1. The average Bonchev–Trinajstić information content (AvgIpc) is 2.73. The smallest absolute Gasteiger partial charge is 0.237 e. The summed E-state index contributed by atoms with van der Waals surface area (Å²) in [5.41, 5.74) is 3.56. The molecule has 2 aromatic rings. The maximum absolute atomic E-state index is 12.5. The summed E-state index contributed by atoms with van der Waals surface area (Å²) in [4.78, 5) is 17.1. The SMILES string of the molecule is COc1ccc(N2CCN([C@H](C)C(=O)NCc3ccc(C)cc3)CC2)cc1. The van der Waals surface area contributed by atoms with Gasteiger partial charge in [0.25, 0.3) is 0 Å². The highest BCUT2D eigenvalue weighted by atomic mass is 16.5. The van der Waals surface area contributed by atoms with Crippen molar-refractivity contribution in [2.24, 2.45) is 0 Å². The Morgan fingerprint density at radius 2 is 1.67 bits per heavy atom. The van der Waals surface area contributed by atoms with Gasteiger partial charge < -0.3 is 15.0 Å². The summed E-state index contributed by atoms with van der Waals surface area (Å²) < 4.78 is 5.22. The van der Waals surface area contributed by atoms with Gasteiger partial charge in [-0.15, -0.1) is 0 Å². The van der Waals surface area contributed by atoms with Crippen LogP contribution in [0.15, 0.2) is 48.5 Å². The van der Waals surface area contributed by atoms with Crippen LogP contribution >= 0.6 is 0 Å². The van der Waals surface area contributed by atoms with Gasteiger partial charge in [0.05, 0.1) is 13.2 Å². The average molecular weight is 367 g/mol. The molecule has 5 heteroatoms. The molecule has 1 aliphatic heterocycles. The van der Waals surface area contributed by atoms with Crippen molar-refractivity contribution < 1.29 is 9.53 Å². The van der Waals surface area contributed by atoms with Gasteiger partial charge in [0.1, 0.15) is 5.75 Å². The largest absolute Gasteiger partial charge is 0.497 e. The number of benzene rings is 2. The third-order valence-corrected chi connectivity index (χ3v) is 5.27. The summed E-state index contributed by atoms with van der Waals surface area (Å²) in [7, 11) is 1.68. The lowest BCUT2D eigenvalue weighted by Crippen LogP contribution is -2.53. The molecule has 0 spiro atoms. The fraction of sp³-hybridized carbons (Fsp3) is 0.409. The van der Waals surface area contributed by atoms with E-state index in [0.29, 0.717) is 6.54 Å². The van der Waals surface area contributed by atoms with Crippen LogP contribution in [0.25, 0.3) is 0 Å². The molecule has 0 aromatic heterocycles. The third-order valence-electron chi connectivity index (χ3n) is 5.27. The van der Waals surface area contributed by atoms with Crippen LogP contribution in [0.3, 0.4) is 0 Å². The van der Waals surface area contributed by atoms with Crippen LogP contribution in [0, 0.1) is 6.92 Å². The Morgan fingerprint density at radius 3 is 2.26 bits per heavy atom. The molecular formula is C22H29N3O2. The topological polar surface area (TPSA) is 44.8 Å². The Kier molecular flexibility index (Phi) is 6.35. The van der Waals surface area contributed by atoms with Crippen LogP contribution in [0.1, 0.15) is 18.1 Å². The Labute approximate surface area is 161 Å². The van der Waals surface area contributed by atoms with E-state index in [4.69, 9.17) is 4.74 Å². The van der Waals surface area contributed by atoms with Gasteiger partial charge in [-0.3, -0.25) is 9.69 Å². The lowest BCUT2D eigenvalue weighted by Gasteiger charge is -2.38. The van der Waals surface area contributed by atoms with Crippen molar-refractivity contribution in [3.63, 3.8) is 0 Å². The van der Waals surface area contributed by atoms with Crippen LogP contribution in [0.5, 0.6) is 5.75 Å². The molecule has 0 saturated carbocycles. The molecule has 1 aliphatic rings. The molecule has 0 bridgehead atoms. The van der Waals surface area contributed by atoms with E-state index < -0.39 is 0 Å². The van der Waals surface area contributed by atoms with Crippen molar-refractivity contribution >= 4 is 11.6 Å². The highest BCUT2D eigenvalue weighted by Gasteiger charge is 2.25. The Hall–Kier alpha value is -2.53. The van der Waals surface area contributed by atoms with Crippen molar-refractivity contribution in [3.8, 4) is 5.75 Å². The summed E-state index contributed by atoms with van der Waals surface area (Å²) in [6.07, 6.45) is 0. The predicted molar refractivity (Wildman–Crippen MR) is 109 cm³/mol. The molecule has 1 amide bonds. The fourth-order valence-electron chi connectivity index (χ4n) is 3.37. The Morgan fingerprint density at radius 1 is 1.04 bits per heavy atom. The number of nitrogens with zero attached hydrogens (tertiary/aromatic N) is 2. The first kappa shape index (κ1) is 19.2. The van der Waals surface area contributed by atoms with Gasteiger partial charge in [0.15, 0.2) is 0 Å². The minimum absolute atomic E-state index is 0.0912. The Bertz CT molecular complexity index is 735. The maximum Gasteiger partial charge on any atom is 0.237 e. The lowest BCUT2D eigenvalue weighted by atomic mass is 10.1. The molecule has 5 nitrogen and oxygen atoms in total. The van der Waals surface area contributed by atoms with Gasteiger partial charge in [-0.2, -0.15) is 0 Å². The molecule has 0 radical (unpaired) electrons.